The number of primary amides is 1. The fourth-order valence-corrected chi connectivity index (χ4v) is 2.97. The maximum atomic E-state index is 13.1. The molecule has 0 radical (unpaired) electrons. The SMILES string of the molecule is C[C@H](C(=O)O)[C@@H](NC(=O)c1nn(Cc2ccc(F)cc2)c2ccccc12)C(N)=O. The third-order valence-electron chi connectivity index (χ3n) is 4.60. The van der Waals surface area contributed by atoms with Crippen molar-refractivity contribution in [3.05, 3.63) is 65.6 Å². The molecule has 0 aliphatic carbocycles. The maximum Gasteiger partial charge on any atom is 0.308 e. The molecule has 0 aliphatic heterocycles. The van der Waals surface area contributed by atoms with Crippen molar-refractivity contribution in [1.82, 2.24) is 15.1 Å². The fraction of sp³-hybridized carbons (Fsp3) is 0.200. The van der Waals surface area contributed by atoms with Crippen LogP contribution in [-0.4, -0.2) is 38.7 Å². The molecule has 0 aliphatic rings. The number of para-hydroxylation sites is 1. The lowest BCUT2D eigenvalue weighted by molar-refractivity contribution is -0.144. The zero-order valence-electron chi connectivity index (χ0n) is 15.5. The van der Waals surface area contributed by atoms with Crippen LogP contribution in [0, 0.1) is 11.7 Å². The summed E-state index contributed by atoms with van der Waals surface area (Å²) in [5.41, 5.74) is 6.73. The molecule has 9 heteroatoms. The van der Waals surface area contributed by atoms with Gasteiger partial charge in [-0.3, -0.25) is 19.1 Å². The number of nitrogens with zero attached hydrogens (tertiary/aromatic N) is 2. The van der Waals surface area contributed by atoms with Crippen LogP contribution in [0.5, 0.6) is 0 Å². The molecule has 2 aromatic carbocycles. The van der Waals surface area contributed by atoms with Gasteiger partial charge >= 0.3 is 5.97 Å². The smallest absolute Gasteiger partial charge is 0.308 e. The number of hydrogen-bond acceptors (Lipinski definition) is 4. The van der Waals surface area contributed by atoms with Crippen molar-refractivity contribution in [2.45, 2.75) is 19.5 Å². The van der Waals surface area contributed by atoms with Crippen molar-refractivity contribution in [2.75, 3.05) is 0 Å². The largest absolute Gasteiger partial charge is 0.481 e. The highest BCUT2D eigenvalue weighted by Crippen LogP contribution is 2.20. The van der Waals surface area contributed by atoms with Gasteiger partial charge in [-0.15, -0.1) is 0 Å². The van der Waals surface area contributed by atoms with E-state index in [4.69, 9.17) is 10.8 Å². The van der Waals surface area contributed by atoms with E-state index >= 15 is 0 Å². The third kappa shape index (κ3) is 4.23. The Morgan fingerprint density at radius 1 is 1.17 bits per heavy atom. The number of carboxylic acids is 1. The van der Waals surface area contributed by atoms with Gasteiger partial charge in [-0.2, -0.15) is 5.10 Å². The summed E-state index contributed by atoms with van der Waals surface area (Å²) in [6.07, 6.45) is 0. The number of carboxylic acid groups (broad SMARTS) is 1. The van der Waals surface area contributed by atoms with Gasteiger partial charge in [-0.05, 0) is 30.7 Å². The minimum Gasteiger partial charge on any atom is -0.481 e. The van der Waals surface area contributed by atoms with Crippen molar-refractivity contribution >= 4 is 28.7 Å². The molecule has 1 heterocycles. The summed E-state index contributed by atoms with van der Waals surface area (Å²) in [5, 5.41) is 16.4. The highest BCUT2D eigenvalue weighted by Gasteiger charge is 2.31. The standard InChI is InChI=1S/C20H19FN4O4/c1-11(20(28)29)16(18(22)26)23-19(27)17-14-4-2-3-5-15(14)25(24-17)10-12-6-8-13(21)9-7-12/h2-9,11,16H,10H2,1H3,(H2,22,26)(H,23,27)(H,28,29)/t11-,16+/m0/s1. The van der Waals surface area contributed by atoms with Gasteiger partial charge in [0.1, 0.15) is 11.9 Å². The van der Waals surface area contributed by atoms with E-state index in [2.05, 4.69) is 10.4 Å². The van der Waals surface area contributed by atoms with Crippen LogP contribution < -0.4 is 11.1 Å². The number of rotatable bonds is 7. The molecule has 0 saturated heterocycles. The number of nitrogens with two attached hydrogens (primary N) is 1. The summed E-state index contributed by atoms with van der Waals surface area (Å²) >= 11 is 0. The number of nitrogens with one attached hydrogen (secondary N) is 1. The first-order chi connectivity index (χ1) is 13.8. The van der Waals surface area contributed by atoms with Gasteiger partial charge in [-0.1, -0.05) is 30.3 Å². The molecule has 0 bridgehead atoms. The van der Waals surface area contributed by atoms with Gasteiger partial charge in [0.2, 0.25) is 5.91 Å². The average molecular weight is 398 g/mol. The van der Waals surface area contributed by atoms with E-state index in [0.717, 1.165) is 5.56 Å². The summed E-state index contributed by atoms with van der Waals surface area (Å²) in [7, 11) is 0. The number of hydrogen-bond donors (Lipinski definition) is 3. The van der Waals surface area contributed by atoms with Crippen LogP contribution in [0.15, 0.2) is 48.5 Å². The first-order valence-corrected chi connectivity index (χ1v) is 8.81. The molecule has 3 aromatic rings. The Hall–Kier alpha value is -3.75. The van der Waals surface area contributed by atoms with Crippen molar-refractivity contribution in [3.8, 4) is 0 Å². The zero-order chi connectivity index (χ0) is 21.1. The van der Waals surface area contributed by atoms with Gasteiger partial charge in [0, 0.05) is 5.39 Å². The monoisotopic (exact) mass is 398 g/mol. The molecule has 8 nitrogen and oxygen atoms in total. The lowest BCUT2D eigenvalue weighted by atomic mass is 10.0. The predicted octanol–water partition coefficient (Wildman–Crippen LogP) is 1.53. The molecule has 2 amide bonds. The fourth-order valence-electron chi connectivity index (χ4n) is 2.97. The minimum atomic E-state index is -1.39. The second-order valence-corrected chi connectivity index (χ2v) is 6.63. The summed E-state index contributed by atoms with van der Waals surface area (Å²) in [6.45, 7) is 1.57. The van der Waals surface area contributed by atoms with Crippen LogP contribution in [0.4, 0.5) is 4.39 Å². The molecular weight excluding hydrogens is 379 g/mol. The van der Waals surface area contributed by atoms with E-state index in [9.17, 15) is 18.8 Å². The quantitative estimate of drug-likeness (QED) is 0.556. The molecule has 3 rings (SSSR count). The first kappa shape index (κ1) is 20.0. The van der Waals surface area contributed by atoms with Crippen LogP contribution >= 0.6 is 0 Å². The van der Waals surface area contributed by atoms with E-state index in [1.807, 2.05) is 0 Å². The Morgan fingerprint density at radius 3 is 2.45 bits per heavy atom. The molecule has 0 spiro atoms. The van der Waals surface area contributed by atoms with Crippen LogP contribution in [0.2, 0.25) is 0 Å². The number of halogens is 1. The third-order valence-corrected chi connectivity index (χ3v) is 4.60. The molecule has 2 atom stereocenters. The predicted molar refractivity (Wildman–Crippen MR) is 102 cm³/mol. The Balaban J connectivity index is 1.94. The maximum absolute atomic E-state index is 13.1. The van der Waals surface area contributed by atoms with Crippen molar-refractivity contribution < 1.29 is 23.9 Å². The number of aromatic nitrogens is 2. The van der Waals surface area contributed by atoms with E-state index in [1.54, 1.807) is 41.1 Å². The highest BCUT2D eigenvalue weighted by molar-refractivity contribution is 6.06. The number of amides is 2. The number of aliphatic carboxylic acids is 1. The summed E-state index contributed by atoms with van der Waals surface area (Å²) < 4.78 is 14.7. The normalized spacial score (nSPS) is 13.0. The Bertz CT molecular complexity index is 1080. The topological polar surface area (TPSA) is 127 Å². The Morgan fingerprint density at radius 2 is 1.83 bits per heavy atom. The molecule has 0 unspecified atom stereocenters. The Labute approximate surface area is 165 Å². The molecule has 4 N–H and O–H groups in total. The number of fused-ring (bicyclic) bond motifs is 1. The van der Waals surface area contributed by atoms with Crippen LogP contribution in [-0.2, 0) is 16.1 Å². The number of carbonyl (C=O) groups is 3. The molecule has 150 valence electrons. The van der Waals surface area contributed by atoms with Crippen molar-refractivity contribution in [1.29, 1.82) is 0 Å². The van der Waals surface area contributed by atoms with E-state index in [0.29, 0.717) is 17.4 Å². The minimum absolute atomic E-state index is 0.0338. The highest BCUT2D eigenvalue weighted by atomic mass is 19.1. The van der Waals surface area contributed by atoms with Crippen LogP contribution in [0.3, 0.4) is 0 Å². The van der Waals surface area contributed by atoms with Gasteiger partial charge < -0.3 is 16.2 Å². The van der Waals surface area contributed by atoms with E-state index in [1.165, 1.54) is 19.1 Å². The van der Waals surface area contributed by atoms with Crippen molar-refractivity contribution in [3.63, 3.8) is 0 Å². The van der Waals surface area contributed by atoms with Crippen LogP contribution in [0.25, 0.3) is 10.9 Å². The van der Waals surface area contributed by atoms with Gasteiger partial charge in [0.25, 0.3) is 5.91 Å². The van der Waals surface area contributed by atoms with Gasteiger partial charge in [-0.25, -0.2) is 4.39 Å². The Kier molecular flexibility index (Phi) is 5.58. The first-order valence-electron chi connectivity index (χ1n) is 8.81. The molecule has 0 fully saturated rings. The average Bonchev–Trinajstić information content (AvgIpc) is 3.05. The summed E-state index contributed by atoms with van der Waals surface area (Å²) in [6, 6.07) is 11.5. The molecular formula is C20H19FN4O4. The second kappa shape index (κ2) is 8.09. The second-order valence-electron chi connectivity index (χ2n) is 6.63. The number of carbonyl (C=O) groups excluding carboxylic acids is 2. The lowest BCUT2D eigenvalue weighted by Crippen LogP contribution is -2.50. The zero-order valence-corrected chi connectivity index (χ0v) is 15.5. The van der Waals surface area contributed by atoms with Crippen molar-refractivity contribution in [2.24, 2.45) is 11.7 Å². The van der Waals surface area contributed by atoms with Crippen LogP contribution in [0.1, 0.15) is 23.0 Å². The molecule has 29 heavy (non-hydrogen) atoms. The lowest BCUT2D eigenvalue weighted by Gasteiger charge is -2.18. The summed E-state index contributed by atoms with van der Waals surface area (Å²) in [4.78, 5) is 35.6. The summed E-state index contributed by atoms with van der Waals surface area (Å²) in [5.74, 6) is -4.49. The molecule has 0 saturated carbocycles. The number of benzene rings is 2. The molecule has 1 aromatic heterocycles. The van der Waals surface area contributed by atoms with Gasteiger partial charge in [0.05, 0.1) is 18.0 Å². The van der Waals surface area contributed by atoms with E-state index in [-0.39, 0.29) is 11.5 Å². The van der Waals surface area contributed by atoms with E-state index < -0.39 is 29.7 Å². The van der Waals surface area contributed by atoms with Gasteiger partial charge in [0.15, 0.2) is 5.69 Å².